The fourth-order valence-electron chi connectivity index (χ4n) is 2.41. The van der Waals surface area contributed by atoms with Crippen molar-refractivity contribution in [2.45, 2.75) is 25.4 Å². The SMILES string of the molecule is COc1cc(N)c(Cl)cc1-c1nc(C2(C)CCCO2)no1. The molecule has 0 bridgehead atoms. The van der Waals surface area contributed by atoms with E-state index in [-0.39, 0.29) is 0 Å². The van der Waals surface area contributed by atoms with Crippen molar-refractivity contribution in [3.05, 3.63) is 23.0 Å². The highest BCUT2D eigenvalue weighted by molar-refractivity contribution is 6.33. The molecule has 112 valence electrons. The molecular formula is C14H16ClN3O3. The number of rotatable bonds is 3. The van der Waals surface area contributed by atoms with Crippen LogP contribution in [-0.4, -0.2) is 23.9 Å². The van der Waals surface area contributed by atoms with Gasteiger partial charge in [-0.2, -0.15) is 4.98 Å². The lowest BCUT2D eigenvalue weighted by molar-refractivity contribution is 0.00768. The summed E-state index contributed by atoms with van der Waals surface area (Å²) in [7, 11) is 1.55. The zero-order valence-corrected chi connectivity index (χ0v) is 12.6. The molecule has 2 N–H and O–H groups in total. The fourth-order valence-corrected chi connectivity index (χ4v) is 2.57. The van der Waals surface area contributed by atoms with Crippen LogP contribution in [0.4, 0.5) is 5.69 Å². The van der Waals surface area contributed by atoms with Crippen molar-refractivity contribution in [1.82, 2.24) is 10.1 Å². The van der Waals surface area contributed by atoms with Crippen LogP contribution in [0.5, 0.6) is 5.75 Å². The number of hydrogen-bond acceptors (Lipinski definition) is 6. The molecule has 6 nitrogen and oxygen atoms in total. The number of aromatic nitrogens is 2. The van der Waals surface area contributed by atoms with E-state index in [2.05, 4.69) is 10.1 Å². The van der Waals surface area contributed by atoms with Crippen LogP contribution in [0.25, 0.3) is 11.5 Å². The Bertz CT molecular complexity index is 665. The van der Waals surface area contributed by atoms with Gasteiger partial charge in [-0.05, 0) is 25.8 Å². The van der Waals surface area contributed by atoms with Gasteiger partial charge in [0.25, 0.3) is 5.89 Å². The van der Waals surface area contributed by atoms with Gasteiger partial charge < -0.3 is 19.7 Å². The molecule has 0 saturated carbocycles. The van der Waals surface area contributed by atoms with Gasteiger partial charge in [-0.1, -0.05) is 16.8 Å². The molecule has 0 radical (unpaired) electrons. The fraction of sp³-hybridized carbons (Fsp3) is 0.429. The molecule has 2 heterocycles. The Balaban J connectivity index is 2.02. The second-order valence-corrected chi connectivity index (χ2v) is 5.59. The summed E-state index contributed by atoms with van der Waals surface area (Å²) in [6.07, 6.45) is 1.85. The molecule has 1 aromatic carbocycles. The van der Waals surface area contributed by atoms with Gasteiger partial charge >= 0.3 is 0 Å². The standard InChI is InChI=1S/C14H16ClN3O3/c1-14(4-3-5-20-14)13-17-12(21-18-13)8-6-9(15)10(16)7-11(8)19-2/h6-7H,3-5,16H2,1-2H3. The molecule has 21 heavy (non-hydrogen) atoms. The highest BCUT2D eigenvalue weighted by atomic mass is 35.5. The van der Waals surface area contributed by atoms with Crippen molar-refractivity contribution in [2.24, 2.45) is 0 Å². The average molecular weight is 310 g/mol. The van der Waals surface area contributed by atoms with Crippen LogP contribution >= 0.6 is 11.6 Å². The summed E-state index contributed by atoms with van der Waals surface area (Å²) in [5.74, 6) is 1.40. The van der Waals surface area contributed by atoms with E-state index >= 15 is 0 Å². The number of nitrogens with two attached hydrogens (primary N) is 1. The van der Waals surface area contributed by atoms with Gasteiger partial charge in [0.15, 0.2) is 0 Å². The van der Waals surface area contributed by atoms with Crippen molar-refractivity contribution in [3.63, 3.8) is 0 Å². The Hall–Kier alpha value is -1.79. The number of hydrogen-bond donors (Lipinski definition) is 1. The molecule has 0 amide bonds. The van der Waals surface area contributed by atoms with E-state index in [9.17, 15) is 0 Å². The van der Waals surface area contributed by atoms with Crippen LogP contribution in [0.2, 0.25) is 5.02 Å². The summed E-state index contributed by atoms with van der Waals surface area (Å²) in [6.45, 7) is 2.67. The smallest absolute Gasteiger partial charge is 0.261 e. The largest absolute Gasteiger partial charge is 0.496 e. The number of anilines is 1. The van der Waals surface area contributed by atoms with Gasteiger partial charge in [-0.3, -0.25) is 0 Å². The zero-order chi connectivity index (χ0) is 15.0. The minimum absolute atomic E-state index is 0.334. The van der Waals surface area contributed by atoms with Crippen molar-refractivity contribution >= 4 is 17.3 Å². The second kappa shape index (κ2) is 5.20. The maximum Gasteiger partial charge on any atom is 0.261 e. The Labute approximate surface area is 127 Å². The van der Waals surface area contributed by atoms with Gasteiger partial charge in [-0.25, -0.2) is 0 Å². The van der Waals surface area contributed by atoms with E-state index in [4.69, 9.17) is 31.3 Å². The summed E-state index contributed by atoms with van der Waals surface area (Å²) in [6, 6.07) is 3.29. The minimum Gasteiger partial charge on any atom is -0.496 e. The van der Waals surface area contributed by atoms with E-state index in [0.29, 0.717) is 40.3 Å². The highest BCUT2D eigenvalue weighted by Crippen LogP contribution is 2.38. The molecular weight excluding hydrogens is 294 g/mol. The third-order valence-corrected chi connectivity index (χ3v) is 3.99. The Kier molecular flexibility index (Phi) is 3.51. The van der Waals surface area contributed by atoms with Crippen molar-refractivity contribution in [1.29, 1.82) is 0 Å². The summed E-state index contributed by atoms with van der Waals surface area (Å²) >= 11 is 6.06. The van der Waals surface area contributed by atoms with E-state index in [1.165, 1.54) is 0 Å². The first-order chi connectivity index (χ1) is 10.0. The predicted molar refractivity (Wildman–Crippen MR) is 78.2 cm³/mol. The highest BCUT2D eigenvalue weighted by Gasteiger charge is 2.37. The zero-order valence-electron chi connectivity index (χ0n) is 11.9. The van der Waals surface area contributed by atoms with Crippen molar-refractivity contribution in [3.8, 4) is 17.2 Å². The third-order valence-electron chi connectivity index (χ3n) is 3.67. The van der Waals surface area contributed by atoms with E-state index in [1.807, 2.05) is 6.92 Å². The summed E-state index contributed by atoms with van der Waals surface area (Å²) in [5, 5.41) is 4.44. The molecule has 1 atom stereocenters. The normalized spacial score (nSPS) is 21.7. The monoisotopic (exact) mass is 309 g/mol. The molecule has 2 aromatic rings. The van der Waals surface area contributed by atoms with Gasteiger partial charge in [0, 0.05) is 12.7 Å². The average Bonchev–Trinajstić information content (AvgIpc) is 3.11. The molecule has 1 aliphatic rings. The van der Waals surface area contributed by atoms with Crippen LogP contribution in [0.3, 0.4) is 0 Å². The van der Waals surface area contributed by atoms with Crippen LogP contribution < -0.4 is 10.5 Å². The molecule has 1 saturated heterocycles. The minimum atomic E-state index is -0.493. The molecule has 0 spiro atoms. The molecule has 7 heteroatoms. The molecule has 1 aromatic heterocycles. The number of nitrogens with zero attached hydrogens (tertiary/aromatic N) is 2. The van der Waals surface area contributed by atoms with Gasteiger partial charge in [0.2, 0.25) is 5.82 Å². The molecule has 1 fully saturated rings. The van der Waals surface area contributed by atoms with Crippen LogP contribution in [0.1, 0.15) is 25.6 Å². The number of methoxy groups -OCH3 is 1. The van der Waals surface area contributed by atoms with E-state index in [1.54, 1.807) is 19.2 Å². The Morgan fingerprint density at radius 2 is 2.24 bits per heavy atom. The maximum atomic E-state index is 6.06. The number of benzene rings is 1. The first-order valence-corrected chi connectivity index (χ1v) is 7.03. The van der Waals surface area contributed by atoms with E-state index < -0.39 is 5.60 Å². The van der Waals surface area contributed by atoms with Gasteiger partial charge in [0.1, 0.15) is 11.4 Å². The van der Waals surface area contributed by atoms with Crippen molar-refractivity contribution in [2.75, 3.05) is 19.5 Å². The van der Waals surface area contributed by atoms with Crippen LogP contribution in [-0.2, 0) is 10.3 Å². The van der Waals surface area contributed by atoms with E-state index in [0.717, 1.165) is 12.8 Å². The Morgan fingerprint density at radius 1 is 1.43 bits per heavy atom. The van der Waals surface area contributed by atoms with Gasteiger partial charge in [-0.15, -0.1) is 0 Å². The maximum absolute atomic E-state index is 6.06. The summed E-state index contributed by atoms with van der Waals surface area (Å²) in [5.41, 5.74) is 6.32. The molecule has 1 aliphatic heterocycles. The number of halogens is 1. The lowest BCUT2D eigenvalue weighted by Crippen LogP contribution is -2.21. The van der Waals surface area contributed by atoms with Crippen molar-refractivity contribution < 1.29 is 14.0 Å². The first-order valence-electron chi connectivity index (χ1n) is 6.65. The summed E-state index contributed by atoms with van der Waals surface area (Å²) < 4.78 is 16.4. The number of nitrogen functional groups attached to an aromatic ring is 1. The first kappa shape index (κ1) is 14.2. The lowest BCUT2D eigenvalue weighted by atomic mass is 10.0. The predicted octanol–water partition coefficient (Wildman–Crippen LogP) is 3.01. The lowest BCUT2D eigenvalue weighted by Gasteiger charge is -2.17. The van der Waals surface area contributed by atoms with Crippen LogP contribution in [0.15, 0.2) is 16.7 Å². The number of ether oxygens (including phenoxy) is 2. The quantitative estimate of drug-likeness (QED) is 0.877. The topological polar surface area (TPSA) is 83.4 Å². The molecule has 3 rings (SSSR count). The van der Waals surface area contributed by atoms with Gasteiger partial charge in [0.05, 0.1) is 23.4 Å². The summed E-state index contributed by atoms with van der Waals surface area (Å²) in [4.78, 5) is 4.43. The Morgan fingerprint density at radius 3 is 2.90 bits per heavy atom. The molecule has 1 unspecified atom stereocenters. The van der Waals surface area contributed by atoms with Crippen LogP contribution in [0, 0.1) is 0 Å². The third kappa shape index (κ3) is 2.45. The molecule has 0 aliphatic carbocycles. The second-order valence-electron chi connectivity index (χ2n) is 5.18.